The number of rotatable bonds is 5. The van der Waals surface area contributed by atoms with Gasteiger partial charge in [-0.2, -0.15) is 0 Å². The van der Waals surface area contributed by atoms with Gasteiger partial charge in [0.25, 0.3) is 5.91 Å². The molecule has 5 heteroatoms. The van der Waals surface area contributed by atoms with Crippen LogP contribution in [0.1, 0.15) is 53.2 Å². The molecular formula is C17H19FN2O2. The van der Waals surface area contributed by atoms with Gasteiger partial charge in [0, 0.05) is 11.8 Å². The third-order valence-corrected chi connectivity index (χ3v) is 3.52. The second-order valence-electron chi connectivity index (χ2n) is 5.60. The summed E-state index contributed by atoms with van der Waals surface area (Å²) in [5, 5.41) is 2.92. The highest BCUT2D eigenvalue weighted by Gasteiger charge is 2.20. The zero-order valence-corrected chi connectivity index (χ0v) is 12.8. The van der Waals surface area contributed by atoms with Crippen LogP contribution < -0.4 is 5.32 Å². The van der Waals surface area contributed by atoms with Gasteiger partial charge in [-0.25, -0.2) is 4.39 Å². The van der Waals surface area contributed by atoms with Crippen LogP contribution in [-0.2, 0) is 0 Å². The van der Waals surface area contributed by atoms with Crippen molar-refractivity contribution in [1.82, 2.24) is 10.3 Å². The van der Waals surface area contributed by atoms with Crippen LogP contribution in [0.4, 0.5) is 4.39 Å². The second kappa shape index (κ2) is 6.56. The first kappa shape index (κ1) is 15.9. The minimum absolute atomic E-state index is 0.103. The molecule has 4 nitrogen and oxygen atoms in total. The number of H-pyrrole nitrogens is 1. The van der Waals surface area contributed by atoms with Gasteiger partial charge in [-0.3, -0.25) is 9.59 Å². The first-order valence-electron chi connectivity index (χ1n) is 7.14. The Balaban J connectivity index is 2.18. The summed E-state index contributed by atoms with van der Waals surface area (Å²) in [5.41, 5.74) is 1.63. The summed E-state index contributed by atoms with van der Waals surface area (Å²) in [6.07, 6.45) is 1.51. The fourth-order valence-electron chi connectivity index (χ4n) is 2.25. The van der Waals surface area contributed by atoms with E-state index in [2.05, 4.69) is 10.3 Å². The quantitative estimate of drug-likeness (QED) is 0.831. The molecule has 0 unspecified atom stereocenters. The van der Waals surface area contributed by atoms with Gasteiger partial charge < -0.3 is 10.3 Å². The van der Waals surface area contributed by atoms with Gasteiger partial charge in [-0.15, -0.1) is 0 Å². The Hall–Kier alpha value is -2.43. The van der Waals surface area contributed by atoms with Crippen LogP contribution in [0.15, 0.2) is 36.5 Å². The van der Waals surface area contributed by atoms with Gasteiger partial charge in [0.05, 0.1) is 6.04 Å². The van der Waals surface area contributed by atoms with Crippen molar-refractivity contribution < 1.29 is 14.0 Å². The van der Waals surface area contributed by atoms with Gasteiger partial charge in [-0.1, -0.05) is 26.0 Å². The summed E-state index contributed by atoms with van der Waals surface area (Å²) in [5.74, 6) is -0.575. The standard InChI is InChI=1S/C17H19FN2O2/c1-10(2)16(12-4-6-14(18)7-5-12)20-17(22)15-8-13(9-19-15)11(3)21/h4-10,16,19H,1-3H3,(H,20,22)/t16-/m0/s1. The Morgan fingerprint density at radius 3 is 2.32 bits per heavy atom. The molecule has 1 amide bonds. The number of hydrogen-bond acceptors (Lipinski definition) is 2. The zero-order valence-electron chi connectivity index (χ0n) is 12.8. The van der Waals surface area contributed by atoms with Crippen LogP contribution in [0.2, 0.25) is 0 Å². The lowest BCUT2D eigenvalue weighted by Gasteiger charge is -2.22. The van der Waals surface area contributed by atoms with E-state index in [4.69, 9.17) is 0 Å². The molecule has 0 aliphatic heterocycles. The van der Waals surface area contributed by atoms with Crippen molar-refractivity contribution >= 4 is 11.7 Å². The molecule has 0 bridgehead atoms. The van der Waals surface area contributed by atoms with Crippen molar-refractivity contribution in [3.8, 4) is 0 Å². The number of carbonyl (C=O) groups excluding carboxylic acids is 2. The molecule has 0 saturated carbocycles. The van der Waals surface area contributed by atoms with Crippen molar-refractivity contribution in [2.75, 3.05) is 0 Å². The van der Waals surface area contributed by atoms with Crippen molar-refractivity contribution in [2.45, 2.75) is 26.8 Å². The van der Waals surface area contributed by atoms with Crippen molar-refractivity contribution in [1.29, 1.82) is 0 Å². The number of nitrogens with one attached hydrogen (secondary N) is 2. The zero-order chi connectivity index (χ0) is 16.3. The fraction of sp³-hybridized carbons (Fsp3) is 0.294. The molecule has 0 aliphatic rings. The molecule has 1 aromatic heterocycles. The van der Waals surface area contributed by atoms with E-state index in [1.165, 1.54) is 31.3 Å². The number of benzene rings is 1. The molecule has 22 heavy (non-hydrogen) atoms. The Labute approximate surface area is 128 Å². The molecule has 2 N–H and O–H groups in total. The Bertz CT molecular complexity index is 674. The number of Topliss-reactive ketones (excluding diaryl/α,β-unsaturated/α-hetero) is 1. The van der Waals surface area contributed by atoms with Crippen LogP contribution >= 0.6 is 0 Å². The normalized spacial score (nSPS) is 12.2. The highest BCUT2D eigenvalue weighted by Crippen LogP contribution is 2.22. The number of ketones is 1. The van der Waals surface area contributed by atoms with Crippen LogP contribution in [0.3, 0.4) is 0 Å². The van der Waals surface area contributed by atoms with Crippen molar-refractivity contribution in [3.63, 3.8) is 0 Å². The van der Waals surface area contributed by atoms with Gasteiger partial charge in [-0.05, 0) is 36.6 Å². The number of hydrogen-bond donors (Lipinski definition) is 2. The minimum Gasteiger partial charge on any atom is -0.356 e. The Morgan fingerprint density at radius 2 is 1.82 bits per heavy atom. The lowest BCUT2D eigenvalue weighted by molar-refractivity contribution is 0.0921. The predicted molar refractivity (Wildman–Crippen MR) is 82.2 cm³/mol. The number of amides is 1. The van der Waals surface area contributed by atoms with Gasteiger partial charge in [0.15, 0.2) is 5.78 Å². The molecule has 116 valence electrons. The first-order chi connectivity index (χ1) is 10.4. The highest BCUT2D eigenvalue weighted by atomic mass is 19.1. The average molecular weight is 302 g/mol. The summed E-state index contributed by atoms with van der Waals surface area (Å²) in [4.78, 5) is 26.4. The van der Waals surface area contributed by atoms with E-state index in [0.29, 0.717) is 11.3 Å². The van der Waals surface area contributed by atoms with E-state index in [9.17, 15) is 14.0 Å². The molecule has 2 rings (SSSR count). The fourth-order valence-corrected chi connectivity index (χ4v) is 2.25. The molecule has 1 aromatic carbocycles. The predicted octanol–water partition coefficient (Wildman–Crippen LogP) is 3.48. The molecule has 0 radical (unpaired) electrons. The largest absolute Gasteiger partial charge is 0.356 e. The van der Waals surface area contributed by atoms with Crippen LogP contribution in [0.5, 0.6) is 0 Å². The van der Waals surface area contributed by atoms with Crippen molar-refractivity contribution in [3.05, 3.63) is 59.2 Å². The molecule has 0 fully saturated rings. The van der Waals surface area contributed by atoms with E-state index in [0.717, 1.165) is 5.56 Å². The summed E-state index contributed by atoms with van der Waals surface area (Å²) in [6.45, 7) is 5.40. The molecule has 2 aromatic rings. The topological polar surface area (TPSA) is 62.0 Å². The van der Waals surface area contributed by atoms with Crippen LogP contribution in [0, 0.1) is 11.7 Å². The molecular weight excluding hydrogens is 283 g/mol. The lowest BCUT2D eigenvalue weighted by Crippen LogP contribution is -2.32. The van der Waals surface area contributed by atoms with Crippen molar-refractivity contribution in [2.24, 2.45) is 5.92 Å². The van der Waals surface area contributed by atoms with E-state index < -0.39 is 0 Å². The molecule has 1 heterocycles. The first-order valence-corrected chi connectivity index (χ1v) is 7.14. The minimum atomic E-state index is -0.312. The number of aromatic nitrogens is 1. The van der Waals surface area contributed by atoms with E-state index in [-0.39, 0.29) is 29.5 Å². The van der Waals surface area contributed by atoms with E-state index in [1.54, 1.807) is 12.1 Å². The summed E-state index contributed by atoms with van der Waals surface area (Å²) in [7, 11) is 0. The monoisotopic (exact) mass is 302 g/mol. The SMILES string of the molecule is CC(=O)c1c[nH]c(C(=O)N[C@H](c2ccc(F)cc2)C(C)C)c1. The smallest absolute Gasteiger partial charge is 0.268 e. The maximum Gasteiger partial charge on any atom is 0.268 e. The molecule has 0 spiro atoms. The van der Waals surface area contributed by atoms with Gasteiger partial charge in [0.1, 0.15) is 11.5 Å². The number of aromatic amines is 1. The lowest BCUT2D eigenvalue weighted by atomic mass is 9.96. The maximum atomic E-state index is 13.0. The summed E-state index contributed by atoms with van der Waals surface area (Å²) < 4.78 is 13.0. The molecule has 1 atom stereocenters. The molecule has 0 aliphatic carbocycles. The third kappa shape index (κ3) is 3.61. The second-order valence-corrected chi connectivity index (χ2v) is 5.60. The Kier molecular flexibility index (Phi) is 4.75. The van der Waals surface area contributed by atoms with Gasteiger partial charge in [0.2, 0.25) is 0 Å². The summed E-state index contributed by atoms with van der Waals surface area (Å²) >= 11 is 0. The highest BCUT2D eigenvalue weighted by molar-refractivity contribution is 5.99. The molecule has 0 saturated heterocycles. The number of carbonyl (C=O) groups is 2. The summed E-state index contributed by atoms with van der Waals surface area (Å²) in [6, 6.07) is 7.36. The number of halogens is 1. The average Bonchev–Trinajstić information content (AvgIpc) is 2.95. The Morgan fingerprint density at radius 1 is 1.18 bits per heavy atom. The van der Waals surface area contributed by atoms with Gasteiger partial charge >= 0.3 is 0 Å². The maximum absolute atomic E-state index is 13.0. The van der Waals surface area contributed by atoms with Crippen LogP contribution in [0.25, 0.3) is 0 Å². The van der Waals surface area contributed by atoms with Crippen LogP contribution in [-0.4, -0.2) is 16.7 Å². The van der Waals surface area contributed by atoms with E-state index >= 15 is 0 Å². The third-order valence-electron chi connectivity index (χ3n) is 3.52. The van der Waals surface area contributed by atoms with E-state index in [1.807, 2.05) is 13.8 Å².